The molecule has 0 unspecified atom stereocenters. The summed E-state index contributed by atoms with van der Waals surface area (Å²) >= 11 is 0. The third kappa shape index (κ3) is 3.94. The van der Waals surface area contributed by atoms with E-state index in [0.29, 0.717) is 16.2 Å². The summed E-state index contributed by atoms with van der Waals surface area (Å²) < 4.78 is 57.7. The number of tetrazole rings is 1. The monoisotopic (exact) mass is 445 g/mol. The fourth-order valence-electron chi connectivity index (χ4n) is 3.07. The van der Waals surface area contributed by atoms with Gasteiger partial charge in [-0.1, -0.05) is 17.7 Å². The number of aromatic nitrogens is 6. The van der Waals surface area contributed by atoms with Gasteiger partial charge in [-0.25, -0.2) is 9.07 Å². The van der Waals surface area contributed by atoms with Gasteiger partial charge in [0.1, 0.15) is 5.82 Å². The summed E-state index contributed by atoms with van der Waals surface area (Å²) in [5, 5.41) is 16.9. The zero-order valence-electron chi connectivity index (χ0n) is 16.7. The molecule has 2 aromatic heterocycles. The molecule has 2 aromatic carbocycles. The van der Waals surface area contributed by atoms with Crippen molar-refractivity contribution in [3.63, 3.8) is 0 Å². The number of rotatable bonds is 4. The van der Waals surface area contributed by atoms with Crippen LogP contribution in [0.2, 0.25) is 0 Å². The second kappa shape index (κ2) is 7.87. The molecule has 0 aliphatic carbocycles. The number of hydrogen-bond donors (Lipinski definition) is 1. The van der Waals surface area contributed by atoms with Crippen molar-refractivity contribution in [2.45, 2.75) is 20.0 Å². The number of nitrogens with one attached hydrogen (secondary N) is 1. The van der Waals surface area contributed by atoms with Crippen molar-refractivity contribution in [1.82, 2.24) is 30.0 Å². The van der Waals surface area contributed by atoms with E-state index in [1.807, 2.05) is 0 Å². The molecule has 1 N–H and O–H groups in total. The summed E-state index contributed by atoms with van der Waals surface area (Å²) in [5.74, 6) is -1.61. The number of nitrogens with zero attached hydrogens (tertiary/aromatic N) is 6. The van der Waals surface area contributed by atoms with Gasteiger partial charge >= 0.3 is 6.18 Å². The molecule has 0 bridgehead atoms. The Bertz CT molecular complexity index is 1290. The lowest BCUT2D eigenvalue weighted by atomic mass is 10.2. The number of halogens is 4. The molecule has 0 saturated heterocycles. The molecule has 0 fully saturated rings. The van der Waals surface area contributed by atoms with Gasteiger partial charge in [0.2, 0.25) is 0 Å². The minimum absolute atomic E-state index is 0.129. The van der Waals surface area contributed by atoms with Gasteiger partial charge in [-0.15, -0.1) is 5.10 Å². The van der Waals surface area contributed by atoms with Gasteiger partial charge in [0.05, 0.1) is 28.8 Å². The van der Waals surface area contributed by atoms with Crippen LogP contribution in [0.15, 0.2) is 48.7 Å². The number of carbonyl (C=O) groups is 1. The van der Waals surface area contributed by atoms with Gasteiger partial charge in [0.25, 0.3) is 5.91 Å². The van der Waals surface area contributed by atoms with E-state index in [-0.39, 0.29) is 11.4 Å². The van der Waals surface area contributed by atoms with E-state index in [4.69, 9.17) is 0 Å². The lowest BCUT2D eigenvalue weighted by molar-refractivity contribution is -0.143. The highest BCUT2D eigenvalue weighted by atomic mass is 19.4. The Hall–Kier alpha value is -4.09. The normalized spacial score (nSPS) is 11.6. The molecule has 164 valence electrons. The minimum atomic E-state index is -4.89. The van der Waals surface area contributed by atoms with Crippen LogP contribution >= 0.6 is 0 Å². The highest BCUT2D eigenvalue weighted by Gasteiger charge is 2.40. The lowest BCUT2D eigenvalue weighted by Crippen LogP contribution is -2.21. The average Bonchev–Trinajstić information content (AvgIpc) is 3.37. The molecule has 4 aromatic rings. The summed E-state index contributed by atoms with van der Waals surface area (Å²) in [6.45, 7) is 3.40. The highest BCUT2D eigenvalue weighted by Crippen LogP contribution is 2.34. The van der Waals surface area contributed by atoms with Crippen LogP contribution in [0.4, 0.5) is 23.2 Å². The van der Waals surface area contributed by atoms with Crippen LogP contribution in [0.25, 0.3) is 11.4 Å². The van der Waals surface area contributed by atoms with Crippen LogP contribution in [-0.2, 0) is 6.18 Å². The molecule has 0 aliphatic heterocycles. The molecule has 0 aliphatic rings. The van der Waals surface area contributed by atoms with Crippen molar-refractivity contribution in [1.29, 1.82) is 0 Å². The Morgan fingerprint density at radius 3 is 2.31 bits per heavy atom. The second-order valence-electron chi connectivity index (χ2n) is 6.91. The Kier molecular flexibility index (Phi) is 5.20. The SMILES string of the molecule is Cc1ccc(-n2ncc(C(=O)Nc3cc(-n4nnnc4C)ccc3F)c2C(F)(F)F)cc1. The van der Waals surface area contributed by atoms with Crippen LogP contribution in [-0.4, -0.2) is 35.9 Å². The summed E-state index contributed by atoms with van der Waals surface area (Å²) in [4.78, 5) is 12.7. The number of anilines is 1. The van der Waals surface area contributed by atoms with E-state index >= 15 is 0 Å². The molecular weight excluding hydrogens is 430 g/mol. The van der Waals surface area contributed by atoms with Crippen LogP contribution in [0, 0.1) is 19.7 Å². The standard InChI is InChI=1S/C20H15F4N7O/c1-11-3-5-13(6-4-11)31-18(20(22,23)24)15(10-25-31)19(32)26-17-9-14(7-8-16(17)21)30-12(2)27-28-29-30/h3-10H,1-2H3,(H,26,32). The maximum Gasteiger partial charge on any atom is 0.434 e. The molecular formula is C20H15F4N7O. The molecule has 4 rings (SSSR count). The molecule has 2 heterocycles. The molecule has 1 amide bonds. The second-order valence-corrected chi connectivity index (χ2v) is 6.91. The van der Waals surface area contributed by atoms with Gasteiger partial charge in [-0.05, 0) is 54.6 Å². The van der Waals surface area contributed by atoms with E-state index in [2.05, 4.69) is 25.9 Å². The first-order valence-electron chi connectivity index (χ1n) is 9.23. The number of carbonyl (C=O) groups excluding carboxylic acids is 1. The Morgan fingerprint density at radius 2 is 1.69 bits per heavy atom. The van der Waals surface area contributed by atoms with Gasteiger partial charge in [-0.3, -0.25) is 4.79 Å². The van der Waals surface area contributed by atoms with E-state index < -0.39 is 29.2 Å². The Labute approximate surface area is 178 Å². The quantitative estimate of drug-likeness (QED) is 0.482. The van der Waals surface area contributed by atoms with Crippen molar-refractivity contribution in [2.24, 2.45) is 0 Å². The number of aryl methyl sites for hydroxylation is 2. The molecule has 0 radical (unpaired) electrons. The molecule has 12 heteroatoms. The summed E-state index contributed by atoms with van der Waals surface area (Å²) in [7, 11) is 0. The summed E-state index contributed by atoms with van der Waals surface area (Å²) in [6.07, 6.45) is -4.09. The highest BCUT2D eigenvalue weighted by molar-refractivity contribution is 6.05. The fraction of sp³-hybridized carbons (Fsp3) is 0.150. The molecule has 0 spiro atoms. The number of hydrogen-bond acceptors (Lipinski definition) is 5. The fourth-order valence-corrected chi connectivity index (χ4v) is 3.07. The number of alkyl halides is 3. The Balaban J connectivity index is 1.72. The first-order chi connectivity index (χ1) is 15.1. The topological polar surface area (TPSA) is 90.5 Å². The van der Waals surface area contributed by atoms with Gasteiger partial charge < -0.3 is 5.32 Å². The zero-order chi connectivity index (χ0) is 23.0. The predicted molar refractivity (Wildman–Crippen MR) is 105 cm³/mol. The minimum Gasteiger partial charge on any atom is -0.319 e. The first kappa shape index (κ1) is 21.2. The van der Waals surface area contributed by atoms with E-state index in [1.165, 1.54) is 28.9 Å². The Morgan fingerprint density at radius 1 is 1.00 bits per heavy atom. The van der Waals surface area contributed by atoms with E-state index in [9.17, 15) is 22.4 Å². The van der Waals surface area contributed by atoms with E-state index in [1.54, 1.807) is 26.0 Å². The molecule has 0 saturated carbocycles. The third-order valence-corrected chi connectivity index (χ3v) is 4.63. The third-order valence-electron chi connectivity index (χ3n) is 4.63. The predicted octanol–water partition coefficient (Wildman–Crippen LogP) is 3.88. The zero-order valence-corrected chi connectivity index (χ0v) is 16.7. The molecule has 8 nitrogen and oxygen atoms in total. The van der Waals surface area contributed by atoms with E-state index in [0.717, 1.165) is 17.8 Å². The van der Waals surface area contributed by atoms with Gasteiger partial charge in [0.15, 0.2) is 11.5 Å². The maximum absolute atomic E-state index is 14.3. The van der Waals surface area contributed by atoms with Gasteiger partial charge in [0, 0.05) is 0 Å². The van der Waals surface area contributed by atoms with Crippen LogP contribution in [0.5, 0.6) is 0 Å². The van der Waals surface area contributed by atoms with Gasteiger partial charge in [-0.2, -0.15) is 23.0 Å². The van der Waals surface area contributed by atoms with Crippen molar-refractivity contribution >= 4 is 11.6 Å². The first-order valence-corrected chi connectivity index (χ1v) is 9.23. The molecule has 32 heavy (non-hydrogen) atoms. The summed E-state index contributed by atoms with van der Waals surface area (Å²) in [6, 6.07) is 9.79. The van der Waals surface area contributed by atoms with Crippen molar-refractivity contribution in [2.75, 3.05) is 5.32 Å². The number of amides is 1. The maximum atomic E-state index is 14.3. The van der Waals surface area contributed by atoms with Crippen molar-refractivity contribution in [3.05, 3.63) is 77.1 Å². The van der Waals surface area contributed by atoms with Crippen LogP contribution in [0.3, 0.4) is 0 Å². The van der Waals surface area contributed by atoms with Crippen molar-refractivity contribution < 1.29 is 22.4 Å². The smallest absolute Gasteiger partial charge is 0.319 e. The lowest BCUT2D eigenvalue weighted by Gasteiger charge is -2.13. The largest absolute Gasteiger partial charge is 0.434 e. The molecule has 0 atom stereocenters. The van der Waals surface area contributed by atoms with Crippen LogP contribution in [0.1, 0.15) is 27.4 Å². The summed E-state index contributed by atoms with van der Waals surface area (Å²) in [5.41, 5.74) is -1.06. The van der Waals surface area contributed by atoms with Crippen molar-refractivity contribution in [3.8, 4) is 11.4 Å². The van der Waals surface area contributed by atoms with Crippen LogP contribution < -0.4 is 5.32 Å². The average molecular weight is 445 g/mol. The number of benzene rings is 2.